The zero-order valence-electron chi connectivity index (χ0n) is 11.0. The van der Waals surface area contributed by atoms with Crippen molar-refractivity contribution in [1.29, 1.82) is 0 Å². The molecule has 3 amide bonds. The second-order valence-electron chi connectivity index (χ2n) is 3.73. The number of rotatable bonds is 6. The Morgan fingerprint density at radius 3 is 2.62 bits per heavy atom. The summed E-state index contributed by atoms with van der Waals surface area (Å²) < 4.78 is 9.51. The summed E-state index contributed by atoms with van der Waals surface area (Å²) >= 11 is 5.88. The van der Waals surface area contributed by atoms with Crippen LogP contribution in [0.15, 0.2) is 18.2 Å². The van der Waals surface area contributed by atoms with E-state index in [2.05, 4.69) is 10.1 Å². The fraction of sp³-hybridized carbons (Fsp3) is 0.250. The van der Waals surface area contributed by atoms with Crippen LogP contribution < -0.4 is 15.4 Å². The maximum atomic E-state index is 11.6. The molecule has 0 saturated carbocycles. The SMILES string of the molecule is COc1ccc(Cl)c(NC(=O)NC(=O)COCC(=O)O)c1. The summed E-state index contributed by atoms with van der Waals surface area (Å²) in [6.07, 6.45) is 0. The van der Waals surface area contributed by atoms with E-state index >= 15 is 0 Å². The molecule has 3 N–H and O–H groups in total. The monoisotopic (exact) mass is 316 g/mol. The summed E-state index contributed by atoms with van der Waals surface area (Å²) in [5, 5.41) is 12.9. The third-order valence-corrected chi connectivity index (χ3v) is 2.46. The molecule has 9 heteroatoms. The van der Waals surface area contributed by atoms with E-state index in [1.165, 1.54) is 19.2 Å². The van der Waals surface area contributed by atoms with Crippen LogP contribution in [-0.4, -0.2) is 43.3 Å². The number of methoxy groups -OCH3 is 1. The Morgan fingerprint density at radius 1 is 1.29 bits per heavy atom. The molecule has 0 fully saturated rings. The molecule has 1 aromatic carbocycles. The minimum Gasteiger partial charge on any atom is -0.497 e. The number of amides is 3. The van der Waals surface area contributed by atoms with Gasteiger partial charge in [0, 0.05) is 6.07 Å². The van der Waals surface area contributed by atoms with E-state index < -0.39 is 31.1 Å². The number of hydrogen-bond donors (Lipinski definition) is 3. The number of nitrogens with one attached hydrogen (secondary N) is 2. The number of ether oxygens (including phenoxy) is 2. The molecule has 0 saturated heterocycles. The Hall–Kier alpha value is -2.32. The van der Waals surface area contributed by atoms with Crippen LogP contribution in [0, 0.1) is 0 Å². The topological polar surface area (TPSA) is 114 Å². The number of carboxylic acid groups (broad SMARTS) is 1. The van der Waals surface area contributed by atoms with Gasteiger partial charge in [0.2, 0.25) is 0 Å². The van der Waals surface area contributed by atoms with Crippen molar-refractivity contribution in [3.05, 3.63) is 23.2 Å². The molecule has 0 aliphatic rings. The van der Waals surface area contributed by atoms with E-state index in [1.54, 1.807) is 6.07 Å². The van der Waals surface area contributed by atoms with Gasteiger partial charge in [-0.3, -0.25) is 10.1 Å². The summed E-state index contributed by atoms with van der Waals surface area (Å²) in [7, 11) is 1.45. The zero-order valence-corrected chi connectivity index (χ0v) is 11.8. The highest BCUT2D eigenvalue weighted by molar-refractivity contribution is 6.33. The number of imide groups is 1. The van der Waals surface area contributed by atoms with Crippen LogP contribution in [-0.2, 0) is 14.3 Å². The maximum Gasteiger partial charge on any atom is 0.329 e. The first kappa shape index (κ1) is 16.7. The number of benzene rings is 1. The summed E-state index contributed by atoms with van der Waals surface area (Å²) in [6.45, 7) is -1.18. The van der Waals surface area contributed by atoms with Crippen LogP contribution >= 0.6 is 11.6 Å². The average molecular weight is 317 g/mol. The highest BCUT2D eigenvalue weighted by Gasteiger charge is 2.11. The summed E-state index contributed by atoms with van der Waals surface area (Å²) in [5.74, 6) is -1.52. The molecular weight excluding hydrogens is 304 g/mol. The van der Waals surface area contributed by atoms with Crippen LogP contribution in [0.1, 0.15) is 0 Å². The molecule has 0 unspecified atom stereocenters. The van der Waals surface area contributed by atoms with Crippen molar-refractivity contribution in [2.24, 2.45) is 0 Å². The Labute approximate surface area is 125 Å². The zero-order chi connectivity index (χ0) is 15.8. The largest absolute Gasteiger partial charge is 0.497 e. The lowest BCUT2D eigenvalue weighted by atomic mass is 10.3. The number of carboxylic acids is 1. The van der Waals surface area contributed by atoms with Crippen molar-refractivity contribution in [3.8, 4) is 5.75 Å². The van der Waals surface area contributed by atoms with Crippen LogP contribution in [0.4, 0.5) is 10.5 Å². The maximum absolute atomic E-state index is 11.6. The van der Waals surface area contributed by atoms with Crippen LogP contribution in [0.5, 0.6) is 5.75 Å². The van der Waals surface area contributed by atoms with Crippen molar-refractivity contribution >= 4 is 35.2 Å². The predicted octanol–water partition coefficient (Wildman–Crippen LogP) is 1.10. The first-order chi connectivity index (χ1) is 9.92. The van der Waals surface area contributed by atoms with Crippen LogP contribution in [0.3, 0.4) is 0 Å². The van der Waals surface area contributed by atoms with E-state index in [1.807, 2.05) is 5.32 Å². The molecule has 114 valence electrons. The summed E-state index contributed by atoms with van der Waals surface area (Å²) in [4.78, 5) is 33.0. The van der Waals surface area contributed by atoms with Gasteiger partial charge in [0.1, 0.15) is 19.0 Å². The number of aliphatic carboxylic acids is 1. The lowest BCUT2D eigenvalue weighted by Gasteiger charge is -2.09. The molecule has 0 aromatic heterocycles. The Kier molecular flexibility index (Phi) is 6.44. The molecule has 1 rings (SSSR count). The molecule has 21 heavy (non-hydrogen) atoms. The highest BCUT2D eigenvalue weighted by atomic mass is 35.5. The molecule has 0 heterocycles. The minimum atomic E-state index is -1.21. The van der Waals surface area contributed by atoms with Crippen molar-refractivity contribution in [3.63, 3.8) is 0 Å². The van der Waals surface area contributed by atoms with Gasteiger partial charge in [0.15, 0.2) is 0 Å². The van der Waals surface area contributed by atoms with E-state index in [9.17, 15) is 14.4 Å². The van der Waals surface area contributed by atoms with Crippen molar-refractivity contribution in [2.75, 3.05) is 25.6 Å². The first-order valence-corrected chi connectivity index (χ1v) is 6.04. The van der Waals surface area contributed by atoms with Gasteiger partial charge < -0.3 is 19.9 Å². The molecule has 0 atom stereocenters. The van der Waals surface area contributed by atoms with Crippen molar-refractivity contribution in [2.45, 2.75) is 0 Å². The number of urea groups is 1. The van der Waals surface area contributed by atoms with E-state index in [4.69, 9.17) is 21.4 Å². The second-order valence-corrected chi connectivity index (χ2v) is 4.14. The number of halogens is 1. The molecule has 1 aromatic rings. The predicted molar refractivity (Wildman–Crippen MR) is 73.6 cm³/mol. The molecule has 0 radical (unpaired) electrons. The lowest BCUT2D eigenvalue weighted by molar-refractivity contribution is -0.143. The fourth-order valence-corrected chi connectivity index (χ4v) is 1.44. The number of carbonyl (C=O) groups is 3. The van der Waals surface area contributed by atoms with Crippen LogP contribution in [0.25, 0.3) is 0 Å². The van der Waals surface area contributed by atoms with Gasteiger partial charge in [0.25, 0.3) is 5.91 Å². The minimum absolute atomic E-state index is 0.257. The highest BCUT2D eigenvalue weighted by Crippen LogP contribution is 2.26. The van der Waals surface area contributed by atoms with Gasteiger partial charge in [-0.1, -0.05) is 11.6 Å². The van der Waals surface area contributed by atoms with Crippen LogP contribution in [0.2, 0.25) is 5.02 Å². The third kappa shape index (κ3) is 6.11. The molecule has 0 aliphatic heterocycles. The van der Waals surface area contributed by atoms with E-state index in [0.29, 0.717) is 5.75 Å². The standard InChI is InChI=1S/C12H13ClN2O6/c1-20-7-2-3-8(13)9(4-7)14-12(19)15-10(16)5-21-6-11(17)18/h2-4H,5-6H2,1H3,(H,17,18)(H2,14,15,16,19). The van der Waals surface area contributed by atoms with E-state index in [0.717, 1.165) is 0 Å². The molecule has 0 aliphatic carbocycles. The van der Waals surface area contributed by atoms with Gasteiger partial charge >= 0.3 is 12.0 Å². The Balaban J connectivity index is 2.50. The molecule has 0 spiro atoms. The Bertz CT molecular complexity index is 549. The third-order valence-electron chi connectivity index (χ3n) is 2.13. The van der Waals surface area contributed by atoms with E-state index in [-0.39, 0.29) is 10.7 Å². The van der Waals surface area contributed by atoms with Gasteiger partial charge in [-0.15, -0.1) is 0 Å². The molecule has 0 bridgehead atoms. The van der Waals surface area contributed by atoms with Crippen molar-refractivity contribution < 1.29 is 29.0 Å². The normalized spacial score (nSPS) is 9.81. The van der Waals surface area contributed by atoms with Gasteiger partial charge in [-0.2, -0.15) is 0 Å². The van der Waals surface area contributed by atoms with Gasteiger partial charge in [-0.25, -0.2) is 9.59 Å². The second kappa shape index (κ2) is 8.08. The fourth-order valence-electron chi connectivity index (χ4n) is 1.27. The first-order valence-electron chi connectivity index (χ1n) is 5.66. The smallest absolute Gasteiger partial charge is 0.329 e. The molecular formula is C12H13ClN2O6. The average Bonchev–Trinajstić information content (AvgIpc) is 2.40. The van der Waals surface area contributed by atoms with Crippen molar-refractivity contribution in [1.82, 2.24) is 5.32 Å². The number of carbonyl (C=O) groups excluding carboxylic acids is 2. The molecule has 8 nitrogen and oxygen atoms in total. The van der Waals surface area contributed by atoms with Gasteiger partial charge in [-0.05, 0) is 12.1 Å². The van der Waals surface area contributed by atoms with Gasteiger partial charge in [0.05, 0.1) is 17.8 Å². The number of hydrogen-bond acceptors (Lipinski definition) is 5. The lowest BCUT2D eigenvalue weighted by Crippen LogP contribution is -2.37. The Morgan fingerprint density at radius 2 is 2.00 bits per heavy atom. The summed E-state index contributed by atoms with van der Waals surface area (Å²) in [6, 6.07) is 3.78. The summed E-state index contributed by atoms with van der Waals surface area (Å²) in [5.41, 5.74) is 0.257. The quantitative estimate of drug-likeness (QED) is 0.724. The number of anilines is 1.